The third-order valence-corrected chi connectivity index (χ3v) is 3.12. The van der Waals surface area contributed by atoms with Crippen LogP contribution in [-0.2, 0) is 9.53 Å². The maximum Gasteiger partial charge on any atom is 0.300 e. The number of rotatable bonds is 1. The number of piperidine rings is 1. The fourth-order valence-corrected chi connectivity index (χ4v) is 2.36. The summed E-state index contributed by atoms with van der Waals surface area (Å²) in [5.41, 5.74) is 0. The number of hydrogen-bond acceptors (Lipinski definition) is 4. The zero-order chi connectivity index (χ0) is 12.7. The van der Waals surface area contributed by atoms with Gasteiger partial charge in [0.15, 0.2) is 6.29 Å². The van der Waals surface area contributed by atoms with Crippen molar-refractivity contribution in [3.63, 3.8) is 0 Å². The summed E-state index contributed by atoms with van der Waals surface area (Å²) in [6.07, 6.45) is 5.57. The predicted octanol–water partition coefficient (Wildman–Crippen LogP) is 1.06. The quantitative estimate of drug-likeness (QED) is 0.723. The van der Waals surface area contributed by atoms with Crippen molar-refractivity contribution in [2.24, 2.45) is 0 Å². The SMILES string of the molecule is CC(=O)O.O[C@@H]1OCCC[C@@H]1N1CCCCC1. The van der Waals surface area contributed by atoms with E-state index in [1.807, 2.05) is 0 Å². The van der Waals surface area contributed by atoms with Gasteiger partial charge in [-0.1, -0.05) is 6.42 Å². The van der Waals surface area contributed by atoms with Gasteiger partial charge >= 0.3 is 0 Å². The van der Waals surface area contributed by atoms with Crippen molar-refractivity contribution in [1.29, 1.82) is 0 Å². The van der Waals surface area contributed by atoms with Crippen molar-refractivity contribution in [1.82, 2.24) is 4.90 Å². The second kappa shape index (κ2) is 7.63. The summed E-state index contributed by atoms with van der Waals surface area (Å²) in [6.45, 7) is 4.10. The zero-order valence-corrected chi connectivity index (χ0v) is 10.5. The molecule has 2 saturated heterocycles. The first-order valence-corrected chi connectivity index (χ1v) is 6.34. The number of ether oxygens (including phenoxy) is 1. The van der Waals surface area contributed by atoms with Gasteiger partial charge in [0.1, 0.15) is 0 Å². The number of hydrogen-bond donors (Lipinski definition) is 2. The number of carbonyl (C=O) groups is 1. The second-order valence-corrected chi connectivity index (χ2v) is 4.59. The summed E-state index contributed by atoms with van der Waals surface area (Å²) in [7, 11) is 0. The lowest BCUT2D eigenvalue weighted by Crippen LogP contribution is -2.49. The monoisotopic (exact) mass is 245 g/mol. The van der Waals surface area contributed by atoms with Crippen molar-refractivity contribution in [2.45, 2.75) is 51.4 Å². The van der Waals surface area contributed by atoms with Crippen LogP contribution in [0.4, 0.5) is 0 Å². The number of likely N-dealkylation sites (tertiary alicyclic amines) is 1. The summed E-state index contributed by atoms with van der Waals surface area (Å²) in [6, 6.07) is 0.272. The van der Waals surface area contributed by atoms with E-state index < -0.39 is 12.3 Å². The zero-order valence-electron chi connectivity index (χ0n) is 10.5. The second-order valence-electron chi connectivity index (χ2n) is 4.59. The largest absolute Gasteiger partial charge is 0.481 e. The Kier molecular flexibility index (Phi) is 6.47. The van der Waals surface area contributed by atoms with Crippen molar-refractivity contribution >= 4 is 5.97 Å². The average Bonchev–Trinajstić information content (AvgIpc) is 2.30. The Hall–Kier alpha value is -0.650. The number of nitrogens with zero attached hydrogens (tertiary/aromatic N) is 1. The van der Waals surface area contributed by atoms with Gasteiger partial charge in [0.2, 0.25) is 0 Å². The molecule has 5 heteroatoms. The normalized spacial score (nSPS) is 30.2. The van der Waals surface area contributed by atoms with Crippen molar-refractivity contribution < 1.29 is 19.7 Å². The van der Waals surface area contributed by atoms with Crippen LogP contribution < -0.4 is 0 Å². The van der Waals surface area contributed by atoms with Crippen LogP contribution in [0.5, 0.6) is 0 Å². The smallest absolute Gasteiger partial charge is 0.300 e. The molecule has 0 amide bonds. The molecule has 100 valence electrons. The summed E-state index contributed by atoms with van der Waals surface area (Å²) >= 11 is 0. The Morgan fingerprint density at radius 2 is 1.82 bits per heavy atom. The first-order valence-electron chi connectivity index (χ1n) is 6.34. The molecule has 2 aliphatic rings. The lowest BCUT2D eigenvalue weighted by molar-refractivity contribution is -0.169. The maximum atomic E-state index is 9.66. The van der Waals surface area contributed by atoms with Gasteiger partial charge in [-0.15, -0.1) is 0 Å². The van der Waals surface area contributed by atoms with Crippen LogP contribution >= 0.6 is 0 Å². The van der Waals surface area contributed by atoms with E-state index in [2.05, 4.69) is 4.90 Å². The lowest BCUT2D eigenvalue weighted by Gasteiger charge is -2.39. The highest BCUT2D eigenvalue weighted by Crippen LogP contribution is 2.21. The molecule has 0 bridgehead atoms. The number of aliphatic carboxylic acids is 1. The van der Waals surface area contributed by atoms with Crippen LogP contribution in [0, 0.1) is 0 Å². The van der Waals surface area contributed by atoms with Gasteiger partial charge in [0.25, 0.3) is 5.97 Å². The molecule has 0 aliphatic carbocycles. The van der Waals surface area contributed by atoms with E-state index in [0.29, 0.717) is 0 Å². The molecule has 5 nitrogen and oxygen atoms in total. The Morgan fingerprint density at radius 1 is 1.24 bits per heavy atom. The minimum Gasteiger partial charge on any atom is -0.481 e. The minimum absolute atomic E-state index is 0.272. The number of aliphatic hydroxyl groups is 1. The molecule has 2 rings (SSSR count). The topological polar surface area (TPSA) is 70.0 Å². The summed E-state index contributed by atoms with van der Waals surface area (Å²) in [5.74, 6) is -0.833. The van der Waals surface area contributed by atoms with Gasteiger partial charge in [-0.05, 0) is 38.8 Å². The Morgan fingerprint density at radius 3 is 2.35 bits per heavy atom. The van der Waals surface area contributed by atoms with Gasteiger partial charge in [-0.25, -0.2) is 0 Å². The first-order chi connectivity index (χ1) is 8.11. The van der Waals surface area contributed by atoms with Crippen LogP contribution in [0.2, 0.25) is 0 Å². The van der Waals surface area contributed by atoms with E-state index in [-0.39, 0.29) is 6.04 Å². The van der Waals surface area contributed by atoms with E-state index in [9.17, 15) is 5.11 Å². The summed E-state index contributed by atoms with van der Waals surface area (Å²) in [5, 5.41) is 17.1. The van der Waals surface area contributed by atoms with Gasteiger partial charge in [-0.2, -0.15) is 0 Å². The van der Waals surface area contributed by atoms with E-state index in [1.54, 1.807) is 0 Å². The molecule has 0 unspecified atom stereocenters. The fraction of sp³-hybridized carbons (Fsp3) is 0.917. The van der Waals surface area contributed by atoms with Crippen LogP contribution in [0.15, 0.2) is 0 Å². The molecule has 0 aromatic carbocycles. The molecule has 2 atom stereocenters. The molecule has 2 aliphatic heterocycles. The molecular formula is C12H23NO4. The van der Waals surface area contributed by atoms with Crippen LogP contribution in [0.3, 0.4) is 0 Å². The van der Waals surface area contributed by atoms with Crippen molar-refractivity contribution in [3.05, 3.63) is 0 Å². The highest BCUT2D eigenvalue weighted by atomic mass is 16.6. The summed E-state index contributed by atoms with van der Waals surface area (Å²) < 4.78 is 5.26. The highest BCUT2D eigenvalue weighted by molar-refractivity contribution is 5.62. The molecular weight excluding hydrogens is 222 g/mol. The third-order valence-electron chi connectivity index (χ3n) is 3.12. The van der Waals surface area contributed by atoms with Crippen LogP contribution in [0.25, 0.3) is 0 Å². The number of carboxylic acids is 1. The van der Waals surface area contributed by atoms with E-state index in [1.165, 1.54) is 19.3 Å². The summed E-state index contributed by atoms with van der Waals surface area (Å²) in [4.78, 5) is 11.4. The Bertz CT molecular complexity index is 225. The molecule has 0 saturated carbocycles. The minimum atomic E-state index is -0.833. The average molecular weight is 245 g/mol. The van der Waals surface area contributed by atoms with Gasteiger partial charge in [-0.3, -0.25) is 9.69 Å². The molecule has 0 spiro atoms. The number of carboxylic acid groups (broad SMARTS) is 1. The van der Waals surface area contributed by atoms with Crippen LogP contribution in [0.1, 0.15) is 39.0 Å². The predicted molar refractivity (Wildman–Crippen MR) is 63.7 cm³/mol. The van der Waals surface area contributed by atoms with Crippen molar-refractivity contribution in [3.8, 4) is 0 Å². The number of aliphatic hydroxyl groups excluding tert-OH is 1. The van der Waals surface area contributed by atoms with Gasteiger partial charge < -0.3 is 14.9 Å². The van der Waals surface area contributed by atoms with E-state index in [0.717, 1.165) is 39.5 Å². The molecule has 0 aromatic rings. The first kappa shape index (κ1) is 14.4. The molecule has 0 aromatic heterocycles. The molecule has 0 radical (unpaired) electrons. The Labute approximate surface area is 102 Å². The lowest BCUT2D eigenvalue weighted by atomic mass is 10.0. The molecule has 2 heterocycles. The molecule has 17 heavy (non-hydrogen) atoms. The van der Waals surface area contributed by atoms with Gasteiger partial charge in [0, 0.05) is 13.5 Å². The Balaban J connectivity index is 0.000000317. The van der Waals surface area contributed by atoms with E-state index in [4.69, 9.17) is 14.6 Å². The van der Waals surface area contributed by atoms with Crippen molar-refractivity contribution in [2.75, 3.05) is 19.7 Å². The highest BCUT2D eigenvalue weighted by Gasteiger charge is 2.29. The third kappa shape index (κ3) is 5.48. The molecule has 2 N–H and O–H groups in total. The van der Waals surface area contributed by atoms with Gasteiger partial charge in [0.05, 0.1) is 6.04 Å². The van der Waals surface area contributed by atoms with E-state index >= 15 is 0 Å². The fourth-order valence-electron chi connectivity index (χ4n) is 2.36. The maximum absolute atomic E-state index is 9.66. The standard InChI is InChI=1S/C10H19NO2.C2H4O2/c12-10-9(5-4-8-13-10)11-6-2-1-3-7-11;1-2(3)4/h9-10,12H,1-8H2;1H3,(H,3,4)/t9-,10+;/m0./s1. The molecule has 2 fully saturated rings. The van der Waals surface area contributed by atoms with Crippen LogP contribution in [-0.4, -0.2) is 53.1 Å².